The fourth-order valence-corrected chi connectivity index (χ4v) is 1.82. The number of benzene rings is 2. The van der Waals surface area contributed by atoms with Crippen LogP contribution in [0.25, 0.3) is 12.2 Å². The first-order chi connectivity index (χ1) is 12.5. The second-order valence-electron chi connectivity index (χ2n) is 5.01. The Kier molecular flexibility index (Phi) is 9.26. The summed E-state index contributed by atoms with van der Waals surface area (Å²) in [4.78, 5) is 20.9. The van der Waals surface area contributed by atoms with Gasteiger partial charge in [0.2, 0.25) is 0 Å². The Balaban J connectivity index is 0.000000350. The Bertz CT molecular complexity index is 775. The predicted octanol–water partition coefficient (Wildman–Crippen LogP) is 4.68. The van der Waals surface area contributed by atoms with Gasteiger partial charge in [-0.3, -0.25) is 0 Å². The molecule has 2 aromatic carbocycles. The molecular formula is C22H20O4. The molecule has 0 saturated heterocycles. The van der Waals surface area contributed by atoms with Crippen LogP contribution < -0.4 is 0 Å². The van der Waals surface area contributed by atoms with Crippen LogP contribution in [0.4, 0.5) is 0 Å². The van der Waals surface area contributed by atoms with E-state index in [4.69, 9.17) is 10.2 Å². The van der Waals surface area contributed by atoms with Crippen LogP contribution in [0.1, 0.15) is 11.1 Å². The molecule has 0 unspecified atom stereocenters. The number of aliphatic carboxylic acids is 2. The van der Waals surface area contributed by atoms with Crippen LogP contribution in [0, 0.1) is 0 Å². The van der Waals surface area contributed by atoms with E-state index in [9.17, 15) is 9.59 Å². The SMILES string of the molecule is C=Cc1ccccc1.O=C(O)C=CC(C=CC(=O)O)=Cc1ccccc1. The summed E-state index contributed by atoms with van der Waals surface area (Å²) in [5.41, 5.74) is 2.52. The summed E-state index contributed by atoms with van der Waals surface area (Å²) in [7, 11) is 0. The first kappa shape index (κ1) is 20.4. The molecule has 0 aliphatic heterocycles. The molecule has 4 nitrogen and oxygen atoms in total. The largest absolute Gasteiger partial charge is 0.478 e. The average molecular weight is 348 g/mol. The van der Waals surface area contributed by atoms with E-state index in [1.54, 1.807) is 6.08 Å². The molecule has 2 aromatic rings. The van der Waals surface area contributed by atoms with E-state index in [0.717, 1.165) is 17.7 Å². The van der Waals surface area contributed by atoms with Crippen LogP contribution in [0.2, 0.25) is 0 Å². The van der Waals surface area contributed by atoms with Crippen LogP contribution >= 0.6 is 0 Å². The van der Waals surface area contributed by atoms with E-state index in [1.165, 1.54) is 17.7 Å². The number of carbonyl (C=O) groups is 2. The van der Waals surface area contributed by atoms with Gasteiger partial charge in [0.15, 0.2) is 0 Å². The molecule has 2 rings (SSSR count). The molecule has 26 heavy (non-hydrogen) atoms. The van der Waals surface area contributed by atoms with Crippen LogP contribution in [-0.2, 0) is 9.59 Å². The van der Waals surface area contributed by atoms with Gasteiger partial charge in [-0.15, -0.1) is 0 Å². The topological polar surface area (TPSA) is 74.6 Å². The highest BCUT2D eigenvalue weighted by Crippen LogP contribution is 2.09. The molecule has 0 radical (unpaired) electrons. The van der Waals surface area contributed by atoms with Gasteiger partial charge in [0.05, 0.1) is 0 Å². The van der Waals surface area contributed by atoms with Gasteiger partial charge in [0, 0.05) is 12.2 Å². The minimum Gasteiger partial charge on any atom is -0.478 e. The number of carboxylic acids is 2. The van der Waals surface area contributed by atoms with E-state index in [2.05, 4.69) is 6.58 Å². The normalized spacial score (nSPS) is 10.0. The van der Waals surface area contributed by atoms with Crippen LogP contribution in [-0.4, -0.2) is 22.2 Å². The molecule has 0 aliphatic carbocycles. The quantitative estimate of drug-likeness (QED) is 0.587. The second kappa shape index (κ2) is 11.8. The maximum atomic E-state index is 10.4. The molecule has 0 amide bonds. The Morgan fingerprint density at radius 1 is 0.692 bits per heavy atom. The standard InChI is InChI=1S/C14H12O4.C8H8/c15-13(16)8-6-12(7-9-14(17)18)10-11-4-2-1-3-5-11;1-2-8-6-4-3-5-7-8/h1-10H,(H,15,16)(H,17,18);2-7H,1H2. The van der Waals surface area contributed by atoms with E-state index >= 15 is 0 Å². The van der Waals surface area contributed by atoms with Gasteiger partial charge in [-0.1, -0.05) is 73.3 Å². The maximum absolute atomic E-state index is 10.4. The number of allylic oxidation sites excluding steroid dienone is 3. The Hall–Kier alpha value is -3.66. The molecule has 0 fully saturated rings. The van der Waals surface area contributed by atoms with Crippen LogP contribution in [0.5, 0.6) is 0 Å². The van der Waals surface area contributed by atoms with Crippen LogP contribution in [0.15, 0.2) is 97.1 Å². The Morgan fingerprint density at radius 3 is 1.46 bits per heavy atom. The van der Waals surface area contributed by atoms with Crippen molar-refractivity contribution >= 4 is 24.1 Å². The maximum Gasteiger partial charge on any atom is 0.328 e. The minimum absolute atomic E-state index is 0.492. The minimum atomic E-state index is -1.09. The zero-order valence-corrected chi connectivity index (χ0v) is 14.2. The summed E-state index contributed by atoms with van der Waals surface area (Å²) in [6.07, 6.45) is 8.13. The number of hydrogen-bond donors (Lipinski definition) is 2. The molecular weight excluding hydrogens is 328 g/mol. The summed E-state index contributed by atoms with van der Waals surface area (Å²) < 4.78 is 0. The fraction of sp³-hybridized carbons (Fsp3) is 0. The molecule has 0 heterocycles. The Morgan fingerprint density at radius 2 is 1.12 bits per heavy atom. The molecule has 0 spiro atoms. The summed E-state index contributed by atoms with van der Waals surface area (Å²) in [6.45, 7) is 3.63. The highest BCUT2D eigenvalue weighted by Gasteiger charge is 1.93. The average Bonchev–Trinajstić information content (AvgIpc) is 2.65. The number of rotatable bonds is 6. The number of hydrogen-bond acceptors (Lipinski definition) is 2. The predicted molar refractivity (Wildman–Crippen MR) is 105 cm³/mol. The summed E-state index contributed by atoms with van der Waals surface area (Å²) in [5, 5.41) is 17.1. The third-order valence-electron chi connectivity index (χ3n) is 3.00. The molecule has 0 aliphatic rings. The number of carboxylic acid groups (broad SMARTS) is 2. The van der Waals surface area contributed by atoms with E-state index < -0.39 is 11.9 Å². The van der Waals surface area contributed by atoms with Gasteiger partial charge in [0.1, 0.15) is 0 Å². The molecule has 132 valence electrons. The zero-order valence-electron chi connectivity index (χ0n) is 14.2. The lowest BCUT2D eigenvalue weighted by Crippen LogP contribution is -1.89. The molecule has 4 heteroatoms. The monoisotopic (exact) mass is 348 g/mol. The Labute approximate surface area is 152 Å². The van der Waals surface area contributed by atoms with E-state index in [1.807, 2.05) is 66.7 Å². The van der Waals surface area contributed by atoms with Crippen molar-refractivity contribution in [3.05, 3.63) is 108 Å². The highest BCUT2D eigenvalue weighted by molar-refractivity contribution is 5.83. The van der Waals surface area contributed by atoms with Gasteiger partial charge in [-0.2, -0.15) is 0 Å². The van der Waals surface area contributed by atoms with Gasteiger partial charge >= 0.3 is 11.9 Å². The smallest absolute Gasteiger partial charge is 0.328 e. The summed E-state index contributed by atoms with van der Waals surface area (Å²) in [6, 6.07) is 19.2. The molecule has 0 bridgehead atoms. The lowest BCUT2D eigenvalue weighted by atomic mass is 10.1. The van der Waals surface area contributed by atoms with Gasteiger partial charge in [0.25, 0.3) is 0 Å². The van der Waals surface area contributed by atoms with Crippen molar-refractivity contribution in [2.45, 2.75) is 0 Å². The molecule has 0 saturated carbocycles. The zero-order chi connectivity index (χ0) is 19.2. The fourth-order valence-electron chi connectivity index (χ4n) is 1.82. The van der Waals surface area contributed by atoms with E-state index in [0.29, 0.717) is 5.57 Å². The van der Waals surface area contributed by atoms with Crippen molar-refractivity contribution in [3.8, 4) is 0 Å². The second-order valence-corrected chi connectivity index (χ2v) is 5.01. The van der Waals surface area contributed by atoms with Gasteiger partial charge in [-0.25, -0.2) is 9.59 Å². The van der Waals surface area contributed by atoms with Gasteiger partial charge < -0.3 is 10.2 Å². The van der Waals surface area contributed by atoms with Crippen LogP contribution in [0.3, 0.4) is 0 Å². The third kappa shape index (κ3) is 9.47. The third-order valence-corrected chi connectivity index (χ3v) is 3.00. The molecule has 2 N–H and O–H groups in total. The summed E-state index contributed by atoms with van der Waals surface area (Å²) >= 11 is 0. The lowest BCUT2D eigenvalue weighted by Gasteiger charge is -1.95. The van der Waals surface area contributed by atoms with Gasteiger partial charge in [-0.05, 0) is 34.9 Å². The molecule has 0 aromatic heterocycles. The molecule has 0 atom stereocenters. The first-order valence-corrected chi connectivity index (χ1v) is 7.77. The van der Waals surface area contributed by atoms with Crippen molar-refractivity contribution in [3.63, 3.8) is 0 Å². The van der Waals surface area contributed by atoms with Crippen molar-refractivity contribution < 1.29 is 19.8 Å². The van der Waals surface area contributed by atoms with Crippen molar-refractivity contribution in [1.29, 1.82) is 0 Å². The lowest BCUT2D eigenvalue weighted by molar-refractivity contribution is -0.132. The van der Waals surface area contributed by atoms with Crippen molar-refractivity contribution in [2.75, 3.05) is 0 Å². The highest BCUT2D eigenvalue weighted by atomic mass is 16.4. The van der Waals surface area contributed by atoms with Crippen molar-refractivity contribution in [2.24, 2.45) is 0 Å². The summed E-state index contributed by atoms with van der Waals surface area (Å²) in [5.74, 6) is -2.17. The van der Waals surface area contributed by atoms with E-state index in [-0.39, 0.29) is 0 Å². The van der Waals surface area contributed by atoms with Crippen molar-refractivity contribution in [1.82, 2.24) is 0 Å². The first-order valence-electron chi connectivity index (χ1n) is 7.77.